The Morgan fingerprint density at radius 1 is 1.25 bits per heavy atom. The Balaban J connectivity index is 2.39. The van der Waals surface area contributed by atoms with Crippen LogP contribution < -0.4 is 0 Å². The highest BCUT2D eigenvalue weighted by molar-refractivity contribution is 5.60. The van der Waals surface area contributed by atoms with Gasteiger partial charge in [-0.1, -0.05) is 13.8 Å². The van der Waals surface area contributed by atoms with Crippen molar-refractivity contribution in [2.45, 2.75) is 26.7 Å². The molecule has 1 heterocycles. The fourth-order valence-electron chi connectivity index (χ4n) is 1.58. The number of rotatable bonds is 2. The van der Waals surface area contributed by atoms with Crippen LogP contribution in [0.3, 0.4) is 0 Å². The smallest absolute Gasteiger partial charge is 0.126 e. The van der Waals surface area contributed by atoms with Gasteiger partial charge in [-0.05, 0) is 42.7 Å². The van der Waals surface area contributed by atoms with Crippen LogP contribution in [0.15, 0.2) is 24.3 Å². The van der Waals surface area contributed by atoms with Crippen molar-refractivity contribution in [1.82, 2.24) is 10.2 Å². The SMILES string of the molecule is Cc1cc(-c2cc(C(C)C)[nH]n2)ccc1F. The van der Waals surface area contributed by atoms with Crippen molar-refractivity contribution >= 4 is 0 Å². The average Bonchev–Trinajstić information content (AvgIpc) is 2.71. The Kier molecular flexibility index (Phi) is 2.77. The minimum atomic E-state index is -0.177. The molecule has 0 radical (unpaired) electrons. The quantitative estimate of drug-likeness (QED) is 0.819. The third-order valence-electron chi connectivity index (χ3n) is 2.67. The largest absolute Gasteiger partial charge is 0.282 e. The molecule has 84 valence electrons. The van der Waals surface area contributed by atoms with Gasteiger partial charge in [-0.3, -0.25) is 5.10 Å². The van der Waals surface area contributed by atoms with Gasteiger partial charge >= 0.3 is 0 Å². The summed E-state index contributed by atoms with van der Waals surface area (Å²) in [5, 5.41) is 7.23. The molecule has 0 spiro atoms. The van der Waals surface area contributed by atoms with Gasteiger partial charge in [0, 0.05) is 11.3 Å². The first kappa shape index (κ1) is 10.9. The van der Waals surface area contributed by atoms with Gasteiger partial charge in [0.2, 0.25) is 0 Å². The Morgan fingerprint density at radius 2 is 2.00 bits per heavy atom. The number of halogens is 1. The Hall–Kier alpha value is -1.64. The summed E-state index contributed by atoms with van der Waals surface area (Å²) in [6.45, 7) is 5.97. The monoisotopic (exact) mass is 218 g/mol. The van der Waals surface area contributed by atoms with E-state index in [0.29, 0.717) is 11.5 Å². The van der Waals surface area contributed by atoms with Crippen LogP contribution in [0.2, 0.25) is 0 Å². The van der Waals surface area contributed by atoms with E-state index in [4.69, 9.17) is 0 Å². The summed E-state index contributed by atoms with van der Waals surface area (Å²) < 4.78 is 13.1. The molecule has 0 saturated heterocycles. The lowest BCUT2D eigenvalue weighted by atomic mass is 10.1. The van der Waals surface area contributed by atoms with Crippen LogP contribution in [0.1, 0.15) is 31.0 Å². The lowest BCUT2D eigenvalue weighted by Crippen LogP contribution is -1.85. The standard InChI is InChI=1S/C13H15FN2/c1-8(2)12-7-13(16-15-12)10-4-5-11(14)9(3)6-10/h4-8H,1-3H3,(H,15,16). The second kappa shape index (κ2) is 4.08. The molecule has 0 bridgehead atoms. The maximum atomic E-state index is 13.1. The Labute approximate surface area is 94.5 Å². The second-order valence-corrected chi connectivity index (χ2v) is 4.33. The summed E-state index contributed by atoms with van der Waals surface area (Å²) in [6.07, 6.45) is 0. The first-order chi connectivity index (χ1) is 7.58. The van der Waals surface area contributed by atoms with E-state index in [2.05, 4.69) is 24.0 Å². The van der Waals surface area contributed by atoms with Gasteiger partial charge in [-0.25, -0.2) is 4.39 Å². The minimum absolute atomic E-state index is 0.177. The van der Waals surface area contributed by atoms with Crippen molar-refractivity contribution in [2.75, 3.05) is 0 Å². The molecule has 1 N–H and O–H groups in total. The Bertz CT molecular complexity index is 500. The minimum Gasteiger partial charge on any atom is -0.282 e. The van der Waals surface area contributed by atoms with Crippen molar-refractivity contribution in [2.24, 2.45) is 0 Å². The molecule has 2 aromatic rings. The fourth-order valence-corrected chi connectivity index (χ4v) is 1.58. The molecule has 0 unspecified atom stereocenters. The summed E-state index contributed by atoms with van der Waals surface area (Å²) in [7, 11) is 0. The number of aryl methyl sites for hydroxylation is 1. The van der Waals surface area contributed by atoms with Crippen LogP contribution in [0.25, 0.3) is 11.3 Å². The highest BCUT2D eigenvalue weighted by Gasteiger charge is 2.07. The van der Waals surface area contributed by atoms with E-state index in [-0.39, 0.29) is 5.82 Å². The third-order valence-corrected chi connectivity index (χ3v) is 2.67. The molecule has 0 fully saturated rings. The average molecular weight is 218 g/mol. The summed E-state index contributed by atoms with van der Waals surface area (Å²) in [6, 6.07) is 7.06. The normalized spacial score (nSPS) is 11.1. The van der Waals surface area contributed by atoms with E-state index in [0.717, 1.165) is 17.0 Å². The van der Waals surface area contributed by atoms with Crippen LogP contribution in [-0.4, -0.2) is 10.2 Å². The van der Waals surface area contributed by atoms with E-state index in [1.165, 1.54) is 6.07 Å². The topological polar surface area (TPSA) is 28.7 Å². The van der Waals surface area contributed by atoms with Gasteiger partial charge in [-0.15, -0.1) is 0 Å². The predicted octanol–water partition coefficient (Wildman–Crippen LogP) is 3.65. The molecule has 0 amide bonds. The lowest BCUT2D eigenvalue weighted by Gasteiger charge is -2.00. The zero-order valence-corrected chi connectivity index (χ0v) is 9.71. The van der Waals surface area contributed by atoms with Crippen LogP contribution in [0, 0.1) is 12.7 Å². The van der Waals surface area contributed by atoms with Crippen LogP contribution in [0.5, 0.6) is 0 Å². The molecule has 0 aliphatic rings. The molecule has 1 aromatic heterocycles. The predicted molar refractivity (Wildman–Crippen MR) is 62.8 cm³/mol. The molecule has 2 nitrogen and oxygen atoms in total. The van der Waals surface area contributed by atoms with E-state index in [9.17, 15) is 4.39 Å². The van der Waals surface area contributed by atoms with Crippen molar-refractivity contribution in [3.8, 4) is 11.3 Å². The van der Waals surface area contributed by atoms with Gasteiger partial charge in [0.05, 0.1) is 5.69 Å². The first-order valence-electron chi connectivity index (χ1n) is 5.39. The number of aromatic amines is 1. The zero-order chi connectivity index (χ0) is 11.7. The van der Waals surface area contributed by atoms with Gasteiger partial charge in [0.15, 0.2) is 0 Å². The molecular formula is C13H15FN2. The number of nitrogens with one attached hydrogen (secondary N) is 1. The highest BCUT2D eigenvalue weighted by Crippen LogP contribution is 2.22. The van der Waals surface area contributed by atoms with Crippen molar-refractivity contribution in [3.05, 3.63) is 41.3 Å². The summed E-state index contributed by atoms with van der Waals surface area (Å²) in [5.74, 6) is 0.242. The molecule has 3 heteroatoms. The van der Waals surface area contributed by atoms with Crippen molar-refractivity contribution in [3.63, 3.8) is 0 Å². The van der Waals surface area contributed by atoms with E-state index in [1.54, 1.807) is 13.0 Å². The maximum Gasteiger partial charge on any atom is 0.126 e. The second-order valence-electron chi connectivity index (χ2n) is 4.33. The van der Waals surface area contributed by atoms with Gasteiger partial charge < -0.3 is 0 Å². The van der Waals surface area contributed by atoms with Crippen molar-refractivity contribution < 1.29 is 4.39 Å². The molecule has 0 aliphatic carbocycles. The van der Waals surface area contributed by atoms with Gasteiger partial charge in [0.25, 0.3) is 0 Å². The summed E-state index contributed by atoms with van der Waals surface area (Å²) in [5.41, 5.74) is 3.55. The van der Waals surface area contributed by atoms with Gasteiger partial charge in [0.1, 0.15) is 5.82 Å². The number of hydrogen-bond acceptors (Lipinski definition) is 1. The van der Waals surface area contributed by atoms with E-state index < -0.39 is 0 Å². The Morgan fingerprint density at radius 3 is 2.56 bits per heavy atom. The lowest BCUT2D eigenvalue weighted by molar-refractivity contribution is 0.619. The number of H-pyrrole nitrogens is 1. The number of benzene rings is 1. The highest BCUT2D eigenvalue weighted by atomic mass is 19.1. The van der Waals surface area contributed by atoms with Crippen LogP contribution >= 0.6 is 0 Å². The molecule has 16 heavy (non-hydrogen) atoms. The fraction of sp³-hybridized carbons (Fsp3) is 0.308. The molecule has 2 rings (SSSR count). The zero-order valence-electron chi connectivity index (χ0n) is 9.71. The van der Waals surface area contributed by atoms with E-state index >= 15 is 0 Å². The van der Waals surface area contributed by atoms with Crippen molar-refractivity contribution in [1.29, 1.82) is 0 Å². The summed E-state index contributed by atoms with van der Waals surface area (Å²) >= 11 is 0. The van der Waals surface area contributed by atoms with E-state index in [1.807, 2.05) is 12.1 Å². The number of hydrogen-bond donors (Lipinski definition) is 1. The molecule has 0 atom stereocenters. The molecule has 1 aromatic carbocycles. The van der Waals surface area contributed by atoms with Crippen LogP contribution in [0.4, 0.5) is 4.39 Å². The first-order valence-corrected chi connectivity index (χ1v) is 5.39. The third kappa shape index (κ3) is 1.98. The maximum absolute atomic E-state index is 13.1. The number of nitrogens with zero attached hydrogens (tertiary/aromatic N) is 1. The summed E-state index contributed by atoms with van der Waals surface area (Å²) in [4.78, 5) is 0. The molecular weight excluding hydrogens is 203 g/mol. The number of aromatic nitrogens is 2. The molecule has 0 saturated carbocycles. The van der Waals surface area contributed by atoms with Crippen LogP contribution in [-0.2, 0) is 0 Å². The molecule has 0 aliphatic heterocycles. The van der Waals surface area contributed by atoms with Gasteiger partial charge in [-0.2, -0.15) is 5.10 Å².